The number of rotatable bonds is 6. The zero-order valence-electron chi connectivity index (χ0n) is 18.6. The molecule has 1 saturated heterocycles. The number of phenols is 1. The van der Waals surface area contributed by atoms with Crippen molar-refractivity contribution >= 4 is 11.0 Å². The number of fused-ring (bicyclic) bond motifs is 1. The molecule has 0 radical (unpaired) electrons. The van der Waals surface area contributed by atoms with E-state index in [1.54, 1.807) is 6.07 Å². The Bertz CT molecular complexity index is 1260. The third kappa shape index (κ3) is 4.45. The van der Waals surface area contributed by atoms with Crippen LogP contribution >= 0.6 is 0 Å². The number of aliphatic hydroxyl groups is 4. The first-order valence-corrected chi connectivity index (χ1v) is 10.4. The zero-order chi connectivity index (χ0) is 25.4. The van der Waals surface area contributed by atoms with E-state index in [-0.39, 0.29) is 28.0 Å². The number of aliphatic hydroxyl groups excluding tert-OH is 4. The molecule has 4 rings (SSSR count). The monoisotopic (exact) mass is 492 g/mol. The normalized spacial score (nSPS) is 24.3. The summed E-state index contributed by atoms with van der Waals surface area (Å²) in [7, 11) is 2.85. The molecule has 35 heavy (non-hydrogen) atoms. The summed E-state index contributed by atoms with van der Waals surface area (Å²) in [5, 5.41) is 60.1. The number of hydrogen-bond donors (Lipinski definition) is 6. The maximum Gasteiger partial charge on any atom is 0.238 e. The van der Waals surface area contributed by atoms with Crippen molar-refractivity contribution in [3.8, 4) is 40.1 Å². The summed E-state index contributed by atoms with van der Waals surface area (Å²) >= 11 is 0. The lowest BCUT2D eigenvalue weighted by Crippen LogP contribution is -2.60. The Balaban J connectivity index is 1.78. The second-order valence-electron chi connectivity index (χ2n) is 7.84. The maximum absolute atomic E-state index is 12.8. The van der Waals surface area contributed by atoms with Gasteiger partial charge in [0.25, 0.3) is 0 Å². The minimum Gasteiger partial charge on any atom is -0.507 e. The van der Waals surface area contributed by atoms with Crippen molar-refractivity contribution in [1.29, 1.82) is 0 Å². The fourth-order valence-corrected chi connectivity index (χ4v) is 3.77. The number of ether oxygens (including phenoxy) is 4. The van der Waals surface area contributed by atoms with Gasteiger partial charge in [-0.25, -0.2) is 0 Å². The fraction of sp³-hybridized carbons (Fsp3) is 0.348. The van der Waals surface area contributed by atoms with Crippen molar-refractivity contribution in [1.82, 2.24) is 0 Å². The summed E-state index contributed by atoms with van der Waals surface area (Å²) in [5.41, 5.74) is -0.846. The molecular formula is C23H24O12. The highest BCUT2D eigenvalue weighted by Crippen LogP contribution is 2.38. The van der Waals surface area contributed by atoms with Crippen LogP contribution in [0.5, 0.6) is 28.7 Å². The Morgan fingerprint density at radius 1 is 0.886 bits per heavy atom. The smallest absolute Gasteiger partial charge is 0.238 e. The van der Waals surface area contributed by atoms with Crippen molar-refractivity contribution < 1.29 is 54.0 Å². The fourth-order valence-electron chi connectivity index (χ4n) is 3.77. The van der Waals surface area contributed by atoms with E-state index in [0.717, 1.165) is 6.07 Å². The van der Waals surface area contributed by atoms with Crippen LogP contribution in [0.15, 0.2) is 39.5 Å². The molecule has 0 spiro atoms. The van der Waals surface area contributed by atoms with Crippen molar-refractivity contribution in [3.05, 3.63) is 40.6 Å². The summed E-state index contributed by atoms with van der Waals surface area (Å²) < 4.78 is 27.0. The zero-order valence-corrected chi connectivity index (χ0v) is 18.6. The van der Waals surface area contributed by atoms with Gasteiger partial charge in [-0.2, -0.15) is 0 Å². The Labute approximate surface area is 197 Å². The highest BCUT2D eigenvalue weighted by atomic mass is 16.7. The van der Waals surface area contributed by atoms with Crippen LogP contribution < -0.4 is 19.6 Å². The van der Waals surface area contributed by atoms with Gasteiger partial charge in [0.15, 0.2) is 5.76 Å². The topological polar surface area (TPSA) is 189 Å². The average molecular weight is 492 g/mol. The predicted octanol–water partition coefficient (Wildman–Crippen LogP) is 0.0671. The van der Waals surface area contributed by atoms with Crippen LogP contribution in [-0.4, -0.2) is 82.2 Å². The molecule has 2 aromatic carbocycles. The first-order chi connectivity index (χ1) is 16.7. The molecule has 0 saturated carbocycles. The average Bonchev–Trinajstić information content (AvgIpc) is 2.85. The molecular weight excluding hydrogens is 468 g/mol. The lowest BCUT2D eigenvalue weighted by atomic mass is 9.99. The highest BCUT2D eigenvalue weighted by Gasteiger charge is 2.44. The van der Waals surface area contributed by atoms with Gasteiger partial charge in [-0.15, -0.1) is 0 Å². The van der Waals surface area contributed by atoms with Gasteiger partial charge < -0.3 is 54.0 Å². The van der Waals surface area contributed by atoms with Crippen molar-refractivity contribution in [2.75, 3.05) is 20.8 Å². The van der Waals surface area contributed by atoms with Gasteiger partial charge in [0.05, 0.1) is 20.8 Å². The second kappa shape index (κ2) is 9.60. The van der Waals surface area contributed by atoms with E-state index in [1.165, 1.54) is 32.4 Å². The molecule has 0 amide bonds. The Morgan fingerprint density at radius 3 is 2.14 bits per heavy atom. The van der Waals surface area contributed by atoms with E-state index in [4.69, 9.17) is 23.4 Å². The molecule has 0 bridgehead atoms. The third-order valence-electron chi connectivity index (χ3n) is 5.64. The van der Waals surface area contributed by atoms with Crippen LogP contribution in [0.3, 0.4) is 0 Å². The lowest BCUT2D eigenvalue weighted by molar-refractivity contribution is -0.277. The molecule has 2 heterocycles. The summed E-state index contributed by atoms with van der Waals surface area (Å²) in [6.07, 6.45) is -7.70. The number of benzene rings is 2. The molecule has 5 atom stereocenters. The Kier molecular flexibility index (Phi) is 6.74. The van der Waals surface area contributed by atoms with Gasteiger partial charge in [0, 0.05) is 23.8 Å². The van der Waals surface area contributed by atoms with E-state index in [2.05, 4.69) is 0 Å². The first kappa shape index (κ1) is 24.6. The van der Waals surface area contributed by atoms with E-state index < -0.39 is 54.2 Å². The van der Waals surface area contributed by atoms with E-state index >= 15 is 0 Å². The van der Waals surface area contributed by atoms with Gasteiger partial charge in [-0.3, -0.25) is 4.79 Å². The van der Waals surface area contributed by atoms with Crippen molar-refractivity contribution in [2.45, 2.75) is 30.7 Å². The molecule has 12 heteroatoms. The van der Waals surface area contributed by atoms with E-state index in [9.17, 15) is 35.4 Å². The summed E-state index contributed by atoms with van der Waals surface area (Å²) in [6.45, 7) is -0.657. The number of phenolic OH excluding ortho intramolecular Hbond substituents is 1. The molecule has 12 nitrogen and oxygen atoms in total. The Morgan fingerprint density at radius 2 is 1.54 bits per heavy atom. The minimum absolute atomic E-state index is 0.137. The van der Waals surface area contributed by atoms with Crippen molar-refractivity contribution in [3.63, 3.8) is 0 Å². The van der Waals surface area contributed by atoms with Gasteiger partial charge in [-0.05, 0) is 12.1 Å². The molecule has 0 unspecified atom stereocenters. The standard InChI is InChI=1S/C23H24O12/c1-31-10-3-9(4-11(5-10)32-2)22-20(29)18(27)16-13(25)6-12(7-14(16)34-22)33-23-21(30)19(28)17(26)15(8-24)35-23/h3-7,15,17,19,21,23-26,28-30H,8H2,1-2H3/t15-,17-,19+,21-,23-/m1/s1. The third-order valence-corrected chi connectivity index (χ3v) is 5.64. The van der Waals surface area contributed by atoms with Crippen LogP contribution in [0.2, 0.25) is 0 Å². The number of aromatic hydroxyl groups is 2. The van der Waals surface area contributed by atoms with Crippen LogP contribution in [0.1, 0.15) is 0 Å². The minimum atomic E-state index is -1.70. The molecule has 188 valence electrons. The van der Waals surface area contributed by atoms with Crippen molar-refractivity contribution in [2.24, 2.45) is 0 Å². The molecule has 1 aliphatic rings. The van der Waals surface area contributed by atoms with Gasteiger partial charge in [0.1, 0.15) is 58.4 Å². The second-order valence-corrected chi connectivity index (χ2v) is 7.84. The molecule has 6 N–H and O–H groups in total. The molecule has 3 aromatic rings. The Hall–Kier alpha value is -3.55. The molecule has 1 aliphatic heterocycles. The summed E-state index contributed by atoms with van der Waals surface area (Å²) in [6, 6.07) is 6.81. The largest absolute Gasteiger partial charge is 0.507 e. The predicted molar refractivity (Wildman–Crippen MR) is 119 cm³/mol. The van der Waals surface area contributed by atoms with Crippen LogP contribution in [0.25, 0.3) is 22.3 Å². The van der Waals surface area contributed by atoms with Gasteiger partial charge in [0.2, 0.25) is 17.5 Å². The number of hydrogen-bond acceptors (Lipinski definition) is 12. The quantitative estimate of drug-likeness (QED) is 0.272. The van der Waals surface area contributed by atoms with E-state index in [0.29, 0.717) is 11.5 Å². The van der Waals surface area contributed by atoms with Crippen LogP contribution in [-0.2, 0) is 4.74 Å². The summed E-state index contributed by atoms with van der Waals surface area (Å²) in [4.78, 5) is 12.8. The van der Waals surface area contributed by atoms with Gasteiger partial charge >= 0.3 is 0 Å². The lowest BCUT2D eigenvalue weighted by Gasteiger charge is -2.39. The molecule has 1 fully saturated rings. The number of methoxy groups -OCH3 is 2. The maximum atomic E-state index is 12.8. The van der Waals surface area contributed by atoms with Crippen LogP contribution in [0.4, 0.5) is 0 Å². The highest BCUT2D eigenvalue weighted by molar-refractivity contribution is 5.88. The molecule has 0 aliphatic carbocycles. The van der Waals surface area contributed by atoms with Crippen LogP contribution in [0, 0.1) is 0 Å². The SMILES string of the molecule is COc1cc(OC)cc(-c2oc3cc(O[C@@H]4O[C@H](CO)[C@@H](O)[C@H](O)[C@H]4O)cc(O)c3c(=O)c2O)c1. The summed E-state index contributed by atoms with van der Waals surface area (Å²) in [5.74, 6) is -0.994. The van der Waals surface area contributed by atoms with Gasteiger partial charge in [-0.1, -0.05) is 0 Å². The first-order valence-electron chi connectivity index (χ1n) is 10.4. The molecule has 1 aromatic heterocycles. The van der Waals surface area contributed by atoms with E-state index in [1.807, 2.05) is 0 Å².